The molecule has 0 aromatic rings. The number of nitrogens with zero attached hydrogens (tertiary/aromatic N) is 1. The van der Waals surface area contributed by atoms with Crippen LogP contribution in [-0.2, 0) is 28.6 Å². The molecule has 0 rings (SSSR count). The van der Waals surface area contributed by atoms with Crippen LogP contribution in [0, 0.1) is 0 Å². The molecular formula is C38H63NO7. The smallest absolute Gasteiger partial charge is 0.306 e. The van der Waals surface area contributed by atoms with Crippen LogP contribution >= 0.6 is 0 Å². The van der Waals surface area contributed by atoms with Crippen molar-refractivity contribution in [1.82, 2.24) is 0 Å². The number of allylic oxidation sites excluding steroid dienone is 10. The molecule has 0 aliphatic heterocycles. The van der Waals surface area contributed by atoms with Gasteiger partial charge < -0.3 is 28.6 Å². The largest absolute Gasteiger partial charge is 0.544 e. The van der Waals surface area contributed by atoms with Crippen molar-refractivity contribution in [2.75, 3.05) is 41.0 Å². The van der Waals surface area contributed by atoms with Gasteiger partial charge in [0.1, 0.15) is 12.6 Å². The summed E-state index contributed by atoms with van der Waals surface area (Å²) in [4.78, 5) is 36.5. The third kappa shape index (κ3) is 27.3. The zero-order chi connectivity index (χ0) is 34.3. The Morgan fingerprint density at radius 2 is 1.26 bits per heavy atom. The van der Waals surface area contributed by atoms with E-state index in [1.807, 2.05) is 12.2 Å². The van der Waals surface area contributed by atoms with Gasteiger partial charge in [-0.2, -0.15) is 0 Å². The molecule has 0 aliphatic carbocycles. The fourth-order valence-corrected chi connectivity index (χ4v) is 4.52. The number of carbonyl (C=O) groups is 3. The molecule has 0 N–H and O–H groups in total. The number of esters is 2. The van der Waals surface area contributed by atoms with Gasteiger partial charge in [-0.1, -0.05) is 93.9 Å². The zero-order valence-electron chi connectivity index (χ0n) is 29.5. The summed E-state index contributed by atoms with van der Waals surface area (Å²) >= 11 is 0. The minimum atomic E-state index is -1.14. The molecule has 0 aromatic carbocycles. The molecular weight excluding hydrogens is 582 g/mol. The zero-order valence-corrected chi connectivity index (χ0v) is 29.5. The Balaban J connectivity index is 4.53. The molecule has 0 saturated heterocycles. The molecule has 0 bridgehead atoms. The molecule has 2 atom stereocenters. The van der Waals surface area contributed by atoms with E-state index in [0.29, 0.717) is 12.8 Å². The van der Waals surface area contributed by atoms with Crippen LogP contribution in [0.5, 0.6) is 0 Å². The molecule has 262 valence electrons. The number of ether oxygens (including phenoxy) is 3. The Bertz CT molecular complexity index is 943. The van der Waals surface area contributed by atoms with E-state index in [-0.39, 0.29) is 49.1 Å². The van der Waals surface area contributed by atoms with E-state index in [1.54, 1.807) is 21.1 Å². The molecule has 0 heterocycles. The Hall–Kier alpha value is -2.97. The van der Waals surface area contributed by atoms with Crippen molar-refractivity contribution in [1.29, 1.82) is 0 Å². The normalized spacial score (nSPS) is 13.8. The number of carbonyl (C=O) groups excluding carboxylic acids is 3. The van der Waals surface area contributed by atoms with Crippen LogP contribution in [0.3, 0.4) is 0 Å². The lowest BCUT2D eigenvalue weighted by atomic mass is 10.1. The van der Waals surface area contributed by atoms with Gasteiger partial charge in [0.25, 0.3) is 0 Å². The molecule has 0 fully saturated rings. The number of hydrogen-bond donors (Lipinski definition) is 0. The quantitative estimate of drug-likeness (QED) is 0.0285. The predicted molar refractivity (Wildman–Crippen MR) is 185 cm³/mol. The summed E-state index contributed by atoms with van der Waals surface area (Å²) in [6, 6.07) is -0.734. The Labute approximate surface area is 279 Å². The van der Waals surface area contributed by atoms with E-state index in [1.165, 1.54) is 0 Å². The van der Waals surface area contributed by atoms with Crippen LogP contribution in [0.15, 0.2) is 60.8 Å². The predicted octanol–water partition coefficient (Wildman–Crippen LogP) is 6.96. The van der Waals surface area contributed by atoms with Gasteiger partial charge in [0.05, 0.1) is 40.3 Å². The van der Waals surface area contributed by atoms with E-state index in [2.05, 4.69) is 62.5 Å². The van der Waals surface area contributed by atoms with Crippen LogP contribution in [-0.4, -0.2) is 75.5 Å². The third-order valence-electron chi connectivity index (χ3n) is 7.21. The van der Waals surface area contributed by atoms with E-state index >= 15 is 0 Å². The van der Waals surface area contributed by atoms with E-state index in [0.717, 1.165) is 70.6 Å². The number of quaternary nitrogens is 1. The summed E-state index contributed by atoms with van der Waals surface area (Å²) in [6.07, 6.45) is 32.6. The molecule has 2 unspecified atom stereocenters. The lowest BCUT2D eigenvalue weighted by Gasteiger charge is -2.34. The van der Waals surface area contributed by atoms with Gasteiger partial charge in [-0.05, 0) is 57.8 Å². The minimum absolute atomic E-state index is 0.0175. The summed E-state index contributed by atoms with van der Waals surface area (Å²) < 4.78 is 16.9. The van der Waals surface area contributed by atoms with Gasteiger partial charge >= 0.3 is 11.9 Å². The van der Waals surface area contributed by atoms with Crippen molar-refractivity contribution in [2.24, 2.45) is 0 Å². The molecule has 0 spiro atoms. The third-order valence-corrected chi connectivity index (χ3v) is 7.21. The summed E-state index contributed by atoms with van der Waals surface area (Å²) in [5.74, 6) is -1.83. The van der Waals surface area contributed by atoms with Crippen LogP contribution in [0.25, 0.3) is 0 Å². The second kappa shape index (κ2) is 29.4. The first-order valence-electron chi connectivity index (χ1n) is 17.3. The number of likely N-dealkylation sites (N-methyl/N-ethyl adjacent to an activating group) is 1. The Morgan fingerprint density at radius 1 is 0.674 bits per heavy atom. The van der Waals surface area contributed by atoms with Crippen molar-refractivity contribution in [3.63, 3.8) is 0 Å². The summed E-state index contributed by atoms with van der Waals surface area (Å²) in [5.41, 5.74) is 0. The van der Waals surface area contributed by atoms with Crippen LogP contribution in [0.1, 0.15) is 110 Å². The maximum Gasteiger partial charge on any atom is 0.306 e. The van der Waals surface area contributed by atoms with Gasteiger partial charge in [0.2, 0.25) is 0 Å². The molecule has 0 amide bonds. The highest BCUT2D eigenvalue weighted by Crippen LogP contribution is 2.11. The first-order valence-corrected chi connectivity index (χ1v) is 17.3. The van der Waals surface area contributed by atoms with Gasteiger partial charge in [0, 0.05) is 19.3 Å². The second-order valence-corrected chi connectivity index (χ2v) is 12.4. The highest BCUT2D eigenvalue weighted by molar-refractivity contribution is 5.70. The van der Waals surface area contributed by atoms with Crippen molar-refractivity contribution in [2.45, 2.75) is 122 Å². The van der Waals surface area contributed by atoms with Gasteiger partial charge in [-0.25, -0.2) is 0 Å². The van der Waals surface area contributed by atoms with Gasteiger partial charge in [-0.15, -0.1) is 0 Å². The van der Waals surface area contributed by atoms with Gasteiger partial charge in [-0.3, -0.25) is 9.59 Å². The molecule has 46 heavy (non-hydrogen) atoms. The van der Waals surface area contributed by atoms with Crippen molar-refractivity contribution >= 4 is 17.9 Å². The summed E-state index contributed by atoms with van der Waals surface area (Å²) in [6.45, 7) is 4.30. The minimum Gasteiger partial charge on any atom is -0.544 e. The number of hydrogen-bond acceptors (Lipinski definition) is 7. The SMILES string of the molecule is CC/C=C/C=C/C=C/CCCCCCCC(=O)OCC(COCCC(C(=O)[O-])[N+](C)(C)C)OC(=O)CCCC/C=C/C/C=C/CC. The van der Waals surface area contributed by atoms with Gasteiger partial charge in [0.15, 0.2) is 6.10 Å². The van der Waals surface area contributed by atoms with E-state index < -0.39 is 18.1 Å². The lowest BCUT2D eigenvalue weighted by molar-refractivity contribution is -0.889. The van der Waals surface area contributed by atoms with E-state index in [9.17, 15) is 19.5 Å². The Kier molecular flexibility index (Phi) is 27.5. The highest BCUT2D eigenvalue weighted by Gasteiger charge is 2.25. The fraction of sp³-hybridized carbons (Fsp3) is 0.658. The second-order valence-electron chi connectivity index (χ2n) is 12.4. The van der Waals surface area contributed by atoms with Crippen molar-refractivity contribution in [3.8, 4) is 0 Å². The van der Waals surface area contributed by atoms with Crippen molar-refractivity contribution < 1.29 is 38.2 Å². The topological polar surface area (TPSA) is 102 Å². The summed E-state index contributed by atoms with van der Waals surface area (Å²) in [7, 11) is 5.36. The summed E-state index contributed by atoms with van der Waals surface area (Å²) in [5, 5.41) is 11.5. The first-order chi connectivity index (χ1) is 22.1. The molecule has 8 heteroatoms. The Morgan fingerprint density at radius 3 is 1.96 bits per heavy atom. The van der Waals surface area contributed by atoms with E-state index in [4.69, 9.17) is 14.2 Å². The molecule has 8 nitrogen and oxygen atoms in total. The first kappa shape index (κ1) is 43.0. The number of unbranched alkanes of at least 4 members (excludes halogenated alkanes) is 7. The highest BCUT2D eigenvalue weighted by atomic mass is 16.6. The monoisotopic (exact) mass is 645 g/mol. The van der Waals surface area contributed by atoms with Crippen LogP contribution < -0.4 is 5.11 Å². The number of carboxylic acid groups (broad SMARTS) is 1. The molecule has 0 aliphatic rings. The number of aliphatic carboxylic acids is 1. The maximum atomic E-state index is 12.5. The molecule has 0 radical (unpaired) electrons. The standard InChI is InChI=1S/C38H63NO7/c1-6-8-10-12-14-16-17-18-19-21-22-24-26-28-36(40)45-33-34(32-44-31-30-35(38(42)43)39(3,4)5)46-37(41)29-27-25-23-20-15-13-11-9-7-2/h8-12,14-17,20,34-35H,6-7,13,18-19,21-33H2,1-5H3/b10-8+,11-9+,14-12+,17-16+,20-15+. The van der Waals surface area contributed by atoms with Crippen LogP contribution in [0.4, 0.5) is 0 Å². The molecule has 0 aromatic heterocycles. The number of carboxylic acids is 1. The lowest BCUT2D eigenvalue weighted by Crippen LogP contribution is -2.55. The maximum absolute atomic E-state index is 12.5. The fourth-order valence-electron chi connectivity index (χ4n) is 4.52. The average molecular weight is 646 g/mol. The van der Waals surface area contributed by atoms with Crippen LogP contribution in [0.2, 0.25) is 0 Å². The number of rotatable bonds is 29. The van der Waals surface area contributed by atoms with Crippen molar-refractivity contribution in [3.05, 3.63) is 60.8 Å². The molecule has 0 saturated carbocycles. The average Bonchev–Trinajstić information content (AvgIpc) is 3.00.